The van der Waals surface area contributed by atoms with Crippen LogP contribution in [-0.4, -0.2) is 21.2 Å². The minimum atomic E-state index is -2.47. The van der Waals surface area contributed by atoms with E-state index in [1.165, 1.54) is 6.20 Å². The molecule has 0 aliphatic heterocycles. The summed E-state index contributed by atoms with van der Waals surface area (Å²) in [5.41, 5.74) is 1.73. The Morgan fingerprint density at radius 2 is 1.79 bits per heavy atom. The Morgan fingerprint density at radius 1 is 1.08 bits per heavy atom. The molecule has 0 fully saturated rings. The lowest BCUT2D eigenvalue weighted by atomic mass is 10.3. The summed E-state index contributed by atoms with van der Waals surface area (Å²) in [6.07, 6.45) is 3.04. The zero-order valence-electron chi connectivity index (χ0n) is 12.4. The van der Waals surface area contributed by atoms with Gasteiger partial charge in [-0.25, -0.2) is 4.98 Å². The minimum Gasteiger partial charge on any atom is -0.321 e. The predicted molar refractivity (Wildman–Crippen MR) is 89.8 cm³/mol. The van der Waals surface area contributed by atoms with Crippen LogP contribution in [0.1, 0.15) is 10.5 Å². The highest BCUT2D eigenvalue weighted by Crippen LogP contribution is 2.26. The number of nitrogens with zero attached hydrogens (tertiary/aromatic N) is 2. The van der Waals surface area contributed by atoms with Crippen molar-refractivity contribution in [1.29, 1.82) is 0 Å². The molecule has 0 saturated heterocycles. The molecule has 4 nitrogen and oxygen atoms in total. The van der Waals surface area contributed by atoms with Crippen molar-refractivity contribution < 1.29 is 13.6 Å². The molecular formula is C17H13F2N3OS. The van der Waals surface area contributed by atoms with Crippen molar-refractivity contribution in [1.82, 2.24) is 9.55 Å². The molecule has 0 aliphatic rings. The van der Waals surface area contributed by atoms with Gasteiger partial charge in [-0.15, -0.1) is 0 Å². The van der Waals surface area contributed by atoms with Gasteiger partial charge in [-0.05, 0) is 36.4 Å². The third-order valence-electron chi connectivity index (χ3n) is 3.24. The summed E-state index contributed by atoms with van der Waals surface area (Å²) in [7, 11) is 0. The van der Waals surface area contributed by atoms with Crippen molar-refractivity contribution in [3.63, 3.8) is 0 Å². The molecule has 24 heavy (non-hydrogen) atoms. The molecule has 0 atom stereocenters. The maximum Gasteiger partial charge on any atom is 0.288 e. The van der Waals surface area contributed by atoms with E-state index in [1.807, 2.05) is 30.3 Å². The average molecular weight is 345 g/mol. The number of hydrogen-bond acceptors (Lipinski definition) is 3. The third-order valence-corrected chi connectivity index (χ3v) is 3.97. The number of alkyl halides is 2. The van der Waals surface area contributed by atoms with E-state index in [-0.39, 0.29) is 5.91 Å². The SMILES string of the molecule is O=C(Nc1ccc(SC(F)F)cc1)c1cncn1-c1ccccc1. The minimum absolute atomic E-state index is 0.328. The number of benzene rings is 2. The number of hydrogen-bond donors (Lipinski definition) is 1. The first-order valence-electron chi connectivity index (χ1n) is 7.07. The smallest absolute Gasteiger partial charge is 0.288 e. The largest absolute Gasteiger partial charge is 0.321 e. The van der Waals surface area contributed by atoms with Crippen molar-refractivity contribution in [2.24, 2.45) is 0 Å². The fourth-order valence-corrected chi connectivity index (χ4v) is 2.67. The van der Waals surface area contributed by atoms with Crippen LogP contribution in [-0.2, 0) is 0 Å². The van der Waals surface area contributed by atoms with E-state index in [2.05, 4.69) is 10.3 Å². The van der Waals surface area contributed by atoms with E-state index >= 15 is 0 Å². The van der Waals surface area contributed by atoms with Crippen molar-refractivity contribution in [3.05, 3.63) is 72.8 Å². The zero-order chi connectivity index (χ0) is 16.9. The van der Waals surface area contributed by atoms with E-state index in [0.717, 1.165) is 5.69 Å². The van der Waals surface area contributed by atoms with Gasteiger partial charge in [0.15, 0.2) is 0 Å². The summed E-state index contributed by atoms with van der Waals surface area (Å²) in [5, 5.41) is 2.74. The Morgan fingerprint density at radius 3 is 2.46 bits per heavy atom. The molecule has 122 valence electrons. The van der Waals surface area contributed by atoms with E-state index in [0.29, 0.717) is 28.0 Å². The van der Waals surface area contributed by atoms with Gasteiger partial charge in [0.1, 0.15) is 5.69 Å². The number of rotatable bonds is 5. The lowest BCUT2D eigenvalue weighted by Gasteiger charge is -2.09. The number of anilines is 1. The van der Waals surface area contributed by atoms with Crippen LogP contribution in [0.15, 0.2) is 72.0 Å². The molecule has 1 N–H and O–H groups in total. The van der Waals surface area contributed by atoms with Crippen LogP contribution in [0.2, 0.25) is 0 Å². The predicted octanol–water partition coefficient (Wildman–Crippen LogP) is 4.44. The number of carbonyl (C=O) groups is 1. The molecular weight excluding hydrogens is 332 g/mol. The Balaban J connectivity index is 1.75. The number of carbonyl (C=O) groups excluding carboxylic acids is 1. The second-order valence-corrected chi connectivity index (χ2v) is 5.90. The van der Waals surface area contributed by atoms with E-state index < -0.39 is 5.76 Å². The van der Waals surface area contributed by atoms with Gasteiger partial charge in [0.05, 0.1) is 12.5 Å². The molecule has 0 aliphatic carbocycles. The summed E-state index contributed by atoms with van der Waals surface area (Å²) < 4.78 is 26.3. The summed E-state index contributed by atoms with van der Waals surface area (Å²) in [4.78, 5) is 16.9. The molecule has 3 rings (SSSR count). The maximum atomic E-state index is 12.4. The lowest BCUT2D eigenvalue weighted by Crippen LogP contribution is -2.16. The molecule has 7 heteroatoms. The first-order valence-corrected chi connectivity index (χ1v) is 7.95. The first kappa shape index (κ1) is 16.2. The van der Waals surface area contributed by atoms with Gasteiger partial charge in [-0.1, -0.05) is 30.0 Å². The van der Waals surface area contributed by atoms with Gasteiger partial charge < -0.3 is 5.32 Å². The number of amides is 1. The Bertz CT molecular complexity index is 819. The summed E-state index contributed by atoms with van der Waals surface area (Å²) in [5.74, 6) is -2.80. The molecule has 1 heterocycles. The quantitative estimate of drug-likeness (QED) is 0.696. The average Bonchev–Trinajstić information content (AvgIpc) is 3.07. The molecule has 3 aromatic rings. The fraction of sp³-hybridized carbons (Fsp3) is 0.0588. The van der Waals surface area contributed by atoms with Crippen LogP contribution in [0.25, 0.3) is 5.69 Å². The van der Waals surface area contributed by atoms with E-state index in [1.54, 1.807) is 35.2 Å². The highest BCUT2D eigenvalue weighted by Gasteiger charge is 2.13. The van der Waals surface area contributed by atoms with Gasteiger partial charge in [0.25, 0.3) is 11.7 Å². The number of para-hydroxylation sites is 1. The third kappa shape index (κ3) is 3.80. The van der Waals surface area contributed by atoms with Crippen molar-refractivity contribution in [2.75, 3.05) is 5.32 Å². The molecule has 0 bridgehead atoms. The second kappa shape index (κ2) is 7.27. The Labute approximate surface area is 141 Å². The van der Waals surface area contributed by atoms with Crippen molar-refractivity contribution >= 4 is 23.4 Å². The maximum absolute atomic E-state index is 12.4. The standard InChI is InChI=1S/C17H13F2N3OS/c18-17(19)24-14-8-6-12(7-9-14)21-16(23)15-10-20-11-22(15)13-4-2-1-3-5-13/h1-11,17H,(H,21,23). The van der Waals surface area contributed by atoms with Gasteiger partial charge >= 0.3 is 0 Å². The second-order valence-electron chi connectivity index (χ2n) is 4.84. The summed E-state index contributed by atoms with van der Waals surface area (Å²) >= 11 is 0.463. The molecule has 1 amide bonds. The van der Waals surface area contributed by atoms with Crippen LogP contribution in [0.3, 0.4) is 0 Å². The van der Waals surface area contributed by atoms with Crippen LogP contribution < -0.4 is 5.32 Å². The van der Waals surface area contributed by atoms with E-state index in [4.69, 9.17) is 0 Å². The summed E-state index contributed by atoms with van der Waals surface area (Å²) in [6.45, 7) is 0. The van der Waals surface area contributed by atoms with Crippen molar-refractivity contribution in [2.45, 2.75) is 10.7 Å². The van der Waals surface area contributed by atoms with E-state index in [9.17, 15) is 13.6 Å². The van der Waals surface area contributed by atoms with Gasteiger partial charge in [-0.3, -0.25) is 9.36 Å². The number of halogens is 2. The fourth-order valence-electron chi connectivity index (χ4n) is 2.17. The molecule has 0 radical (unpaired) electrons. The zero-order valence-corrected chi connectivity index (χ0v) is 13.2. The Kier molecular flexibility index (Phi) is 4.90. The number of thioether (sulfide) groups is 1. The normalized spacial score (nSPS) is 10.8. The van der Waals surface area contributed by atoms with Gasteiger partial charge in [0.2, 0.25) is 0 Å². The topological polar surface area (TPSA) is 46.9 Å². The molecule has 1 aromatic heterocycles. The van der Waals surface area contributed by atoms with Crippen LogP contribution in [0, 0.1) is 0 Å². The first-order chi connectivity index (χ1) is 11.6. The summed E-state index contributed by atoms with van der Waals surface area (Å²) in [6, 6.07) is 15.6. The van der Waals surface area contributed by atoms with Gasteiger partial charge in [0, 0.05) is 16.3 Å². The number of imidazole rings is 1. The molecule has 0 saturated carbocycles. The number of nitrogens with one attached hydrogen (secondary N) is 1. The van der Waals surface area contributed by atoms with Crippen LogP contribution in [0.4, 0.5) is 14.5 Å². The highest BCUT2D eigenvalue weighted by atomic mass is 32.2. The van der Waals surface area contributed by atoms with Gasteiger partial charge in [-0.2, -0.15) is 8.78 Å². The van der Waals surface area contributed by atoms with Crippen LogP contribution in [0.5, 0.6) is 0 Å². The lowest BCUT2D eigenvalue weighted by molar-refractivity contribution is 0.102. The molecule has 0 unspecified atom stereocenters. The molecule has 2 aromatic carbocycles. The highest BCUT2D eigenvalue weighted by molar-refractivity contribution is 7.99. The monoisotopic (exact) mass is 345 g/mol. The van der Waals surface area contributed by atoms with Crippen molar-refractivity contribution in [3.8, 4) is 5.69 Å². The number of aromatic nitrogens is 2. The van der Waals surface area contributed by atoms with Crippen LogP contribution >= 0.6 is 11.8 Å². The molecule has 0 spiro atoms. The Hall–Kier alpha value is -2.67.